The lowest BCUT2D eigenvalue weighted by Gasteiger charge is -2.20. The predicted molar refractivity (Wildman–Crippen MR) is 159 cm³/mol. The van der Waals surface area contributed by atoms with Crippen molar-refractivity contribution in [3.05, 3.63) is 65.1 Å². The molecular formula is C30H33ClFN5O5. The maximum atomic E-state index is 13.8. The van der Waals surface area contributed by atoms with Gasteiger partial charge in [-0.2, -0.15) is 5.26 Å². The van der Waals surface area contributed by atoms with E-state index < -0.39 is 5.82 Å². The minimum atomic E-state index is -0.557. The molecule has 0 radical (unpaired) electrons. The summed E-state index contributed by atoms with van der Waals surface area (Å²) in [5.41, 5.74) is 2.09. The monoisotopic (exact) mass is 597 g/mol. The summed E-state index contributed by atoms with van der Waals surface area (Å²) in [7, 11) is 3.28. The number of benzene rings is 2. The molecule has 12 heteroatoms. The number of hydrogen-bond acceptors (Lipinski definition) is 9. The van der Waals surface area contributed by atoms with Gasteiger partial charge in [0.15, 0.2) is 0 Å². The van der Waals surface area contributed by atoms with E-state index in [1.54, 1.807) is 32.4 Å². The summed E-state index contributed by atoms with van der Waals surface area (Å²) >= 11 is 5.98. The molecule has 0 bridgehead atoms. The van der Waals surface area contributed by atoms with E-state index in [2.05, 4.69) is 26.6 Å². The zero-order chi connectivity index (χ0) is 29.9. The first-order valence-electron chi connectivity index (χ1n) is 13.4. The molecule has 0 saturated carbocycles. The van der Waals surface area contributed by atoms with Gasteiger partial charge in [-0.05, 0) is 24.3 Å². The number of methoxy groups -OCH3 is 2. The van der Waals surface area contributed by atoms with Crippen LogP contribution in [0.3, 0.4) is 0 Å². The lowest BCUT2D eigenvalue weighted by molar-refractivity contribution is -0.111. The van der Waals surface area contributed by atoms with Crippen LogP contribution in [0.25, 0.3) is 10.9 Å². The molecule has 1 atom stereocenters. The van der Waals surface area contributed by atoms with Crippen molar-refractivity contribution < 1.29 is 28.1 Å². The summed E-state index contributed by atoms with van der Waals surface area (Å²) < 4.78 is 35.8. The molecule has 2 aromatic carbocycles. The molecule has 10 nitrogen and oxygen atoms in total. The number of nitriles is 1. The molecule has 1 aliphatic rings. The van der Waals surface area contributed by atoms with E-state index in [0.29, 0.717) is 86.2 Å². The lowest BCUT2D eigenvalue weighted by Crippen LogP contribution is -2.31. The van der Waals surface area contributed by atoms with Crippen molar-refractivity contribution in [3.63, 3.8) is 0 Å². The number of carbonyl (C=O) groups excluding carboxylic acids is 1. The smallest absolute Gasteiger partial charge is 0.248 e. The van der Waals surface area contributed by atoms with Crippen molar-refractivity contribution in [2.75, 3.05) is 70.9 Å². The van der Waals surface area contributed by atoms with Crippen molar-refractivity contribution >= 4 is 45.5 Å². The fourth-order valence-corrected chi connectivity index (χ4v) is 4.54. The molecule has 222 valence electrons. The number of nitrogens with one attached hydrogen (secondary N) is 2. The second-order valence-electron chi connectivity index (χ2n) is 9.56. The SMILES string of the molecule is COCCN(C/C=C/C(=O)Nc1cc2c(Nc3ccc(F)c(Cl)c3)c(C#N)cnc2cc1OC1CCOC1)CCOC. The van der Waals surface area contributed by atoms with Crippen molar-refractivity contribution in [3.8, 4) is 11.8 Å². The average Bonchev–Trinajstić information content (AvgIpc) is 3.50. The fraction of sp³-hybridized carbons (Fsp3) is 0.367. The Kier molecular flexibility index (Phi) is 11.5. The van der Waals surface area contributed by atoms with Gasteiger partial charge in [0.2, 0.25) is 5.91 Å². The van der Waals surface area contributed by atoms with E-state index in [1.807, 2.05) is 0 Å². The van der Waals surface area contributed by atoms with Crippen LogP contribution in [0.1, 0.15) is 12.0 Å². The van der Waals surface area contributed by atoms with Gasteiger partial charge in [-0.15, -0.1) is 0 Å². The molecule has 4 rings (SSSR count). The topological polar surface area (TPSA) is 118 Å². The highest BCUT2D eigenvalue weighted by Gasteiger charge is 2.21. The van der Waals surface area contributed by atoms with Crippen molar-refractivity contribution in [1.82, 2.24) is 9.88 Å². The highest BCUT2D eigenvalue weighted by Crippen LogP contribution is 2.37. The number of ether oxygens (including phenoxy) is 4. The van der Waals surface area contributed by atoms with Crippen LogP contribution in [0.5, 0.6) is 5.75 Å². The molecule has 0 aliphatic carbocycles. The first-order valence-corrected chi connectivity index (χ1v) is 13.8. The van der Waals surface area contributed by atoms with E-state index >= 15 is 0 Å². The molecule has 3 aromatic rings. The molecule has 1 amide bonds. The standard InChI is InChI=1S/C30H33ClFN5O5/c1-39-12-9-37(10-13-40-2)8-3-4-29(38)36-27-15-23-26(16-28(27)42-22-7-11-41-19-22)34-18-20(17-33)30(23)35-21-5-6-25(32)24(31)14-21/h3-6,14-16,18,22H,7-13,19H2,1-2H3,(H,34,35)(H,36,38)/b4-3+. The van der Waals surface area contributed by atoms with Gasteiger partial charge < -0.3 is 29.6 Å². The van der Waals surface area contributed by atoms with Gasteiger partial charge in [0.05, 0.1) is 53.9 Å². The zero-order valence-corrected chi connectivity index (χ0v) is 24.2. The van der Waals surface area contributed by atoms with E-state index in [9.17, 15) is 14.4 Å². The van der Waals surface area contributed by atoms with Crippen molar-refractivity contribution in [2.24, 2.45) is 0 Å². The van der Waals surface area contributed by atoms with Crippen LogP contribution in [0.15, 0.2) is 48.7 Å². The quantitative estimate of drug-likeness (QED) is 0.250. The highest BCUT2D eigenvalue weighted by atomic mass is 35.5. The normalized spacial score (nSPS) is 14.9. The summed E-state index contributed by atoms with van der Waals surface area (Å²) in [6.45, 7) is 4.07. The number of anilines is 3. The maximum absolute atomic E-state index is 13.8. The largest absolute Gasteiger partial charge is 0.486 e. The number of hydrogen-bond donors (Lipinski definition) is 2. The number of carbonyl (C=O) groups is 1. The van der Waals surface area contributed by atoms with Crippen LogP contribution in [0.4, 0.5) is 21.5 Å². The molecule has 1 fully saturated rings. The average molecular weight is 598 g/mol. The number of nitrogens with zero attached hydrogens (tertiary/aromatic N) is 3. The Labute approximate surface area is 249 Å². The summed E-state index contributed by atoms with van der Waals surface area (Å²) in [5, 5.41) is 16.4. The molecule has 0 spiro atoms. The van der Waals surface area contributed by atoms with Gasteiger partial charge in [0, 0.05) is 69.7 Å². The maximum Gasteiger partial charge on any atom is 0.248 e. The Morgan fingerprint density at radius 1 is 1.26 bits per heavy atom. The van der Waals surface area contributed by atoms with E-state index in [4.69, 9.17) is 30.5 Å². The fourth-order valence-electron chi connectivity index (χ4n) is 4.36. The summed E-state index contributed by atoms with van der Waals surface area (Å²) in [6.07, 6.45) is 5.21. The zero-order valence-electron chi connectivity index (χ0n) is 23.5. The Morgan fingerprint density at radius 2 is 2.05 bits per heavy atom. The second-order valence-corrected chi connectivity index (χ2v) is 9.97. The first kappa shape index (κ1) is 31.2. The third kappa shape index (κ3) is 8.38. The van der Waals surface area contributed by atoms with Crippen LogP contribution in [-0.2, 0) is 19.0 Å². The summed E-state index contributed by atoms with van der Waals surface area (Å²) in [6, 6.07) is 9.74. The van der Waals surface area contributed by atoms with Crippen LogP contribution < -0.4 is 15.4 Å². The van der Waals surface area contributed by atoms with Gasteiger partial charge in [0.25, 0.3) is 0 Å². The molecular weight excluding hydrogens is 565 g/mol. The summed E-state index contributed by atoms with van der Waals surface area (Å²) in [5.74, 6) is -0.488. The number of halogens is 2. The molecule has 1 unspecified atom stereocenters. The third-order valence-electron chi connectivity index (χ3n) is 6.57. The van der Waals surface area contributed by atoms with Crippen LogP contribution in [0.2, 0.25) is 5.02 Å². The molecule has 2 heterocycles. The lowest BCUT2D eigenvalue weighted by atomic mass is 10.1. The molecule has 1 saturated heterocycles. The third-order valence-corrected chi connectivity index (χ3v) is 6.86. The Balaban J connectivity index is 1.64. The number of rotatable bonds is 14. The van der Waals surface area contributed by atoms with Crippen molar-refractivity contribution in [2.45, 2.75) is 12.5 Å². The van der Waals surface area contributed by atoms with Gasteiger partial charge in [-0.1, -0.05) is 17.7 Å². The van der Waals surface area contributed by atoms with E-state index in [0.717, 1.165) is 0 Å². The van der Waals surface area contributed by atoms with Gasteiger partial charge in [0.1, 0.15) is 23.7 Å². The first-order chi connectivity index (χ1) is 20.4. The predicted octanol–water partition coefficient (Wildman–Crippen LogP) is 4.90. The van der Waals surface area contributed by atoms with Gasteiger partial charge in [-0.3, -0.25) is 14.7 Å². The van der Waals surface area contributed by atoms with Crippen LogP contribution in [0, 0.1) is 17.1 Å². The van der Waals surface area contributed by atoms with Gasteiger partial charge in [-0.25, -0.2) is 4.39 Å². The number of fused-ring (bicyclic) bond motifs is 1. The van der Waals surface area contributed by atoms with E-state index in [-0.39, 0.29) is 22.6 Å². The molecule has 2 N–H and O–H groups in total. The summed E-state index contributed by atoms with van der Waals surface area (Å²) in [4.78, 5) is 19.6. The molecule has 1 aromatic heterocycles. The van der Waals surface area contributed by atoms with Crippen LogP contribution in [-0.4, -0.2) is 82.2 Å². The Morgan fingerprint density at radius 3 is 2.71 bits per heavy atom. The highest BCUT2D eigenvalue weighted by molar-refractivity contribution is 6.31. The number of pyridine rings is 1. The Hall–Kier alpha value is -3.79. The number of amides is 1. The van der Waals surface area contributed by atoms with Crippen molar-refractivity contribution in [1.29, 1.82) is 5.26 Å². The Bertz CT molecular complexity index is 1450. The number of aromatic nitrogens is 1. The van der Waals surface area contributed by atoms with Gasteiger partial charge >= 0.3 is 0 Å². The molecule has 1 aliphatic heterocycles. The second kappa shape index (κ2) is 15.4. The minimum Gasteiger partial charge on any atom is -0.486 e. The molecule has 42 heavy (non-hydrogen) atoms. The minimum absolute atomic E-state index is 0.0610. The van der Waals surface area contributed by atoms with E-state index in [1.165, 1.54) is 30.5 Å². The van der Waals surface area contributed by atoms with Crippen LogP contribution >= 0.6 is 11.6 Å².